The first-order valence-corrected chi connectivity index (χ1v) is 7.52. The maximum Gasteiger partial charge on any atom is 0.255 e. The van der Waals surface area contributed by atoms with E-state index in [0.29, 0.717) is 5.56 Å². The molecule has 3 nitrogen and oxygen atoms in total. The van der Waals surface area contributed by atoms with E-state index in [9.17, 15) is 9.18 Å². The van der Waals surface area contributed by atoms with E-state index in [1.54, 1.807) is 0 Å². The summed E-state index contributed by atoms with van der Waals surface area (Å²) in [5.41, 5.74) is 3.61. The Morgan fingerprint density at radius 3 is 2.95 bits per heavy atom. The Kier molecular flexibility index (Phi) is 4.03. The highest BCUT2D eigenvalue weighted by Gasteiger charge is 2.15. The molecule has 21 heavy (non-hydrogen) atoms. The molecule has 0 fully saturated rings. The Bertz CT molecular complexity index is 703. The van der Waals surface area contributed by atoms with Crippen LogP contribution in [0.5, 0.6) is 0 Å². The standard InChI is InChI=1S/C16H14BrFN2O/c17-13-8-11(4-5-14(13)18)16(21)20-15-3-1-2-10-6-7-19-9-12(10)15/h1-5,8,19H,6-7,9H2,(H,20,21). The number of benzene rings is 2. The molecular formula is C16H14BrFN2O. The maximum atomic E-state index is 13.2. The fraction of sp³-hybridized carbons (Fsp3) is 0.188. The molecule has 0 saturated carbocycles. The van der Waals surface area contributed by atoms with Gasteiger partial charge in [-0.25, -0.2) is 4.39 Å². The van der Waals surface area contributed by atoms with Crippen molar-refractivity contribution in [2.75, 3.05) is 11.9 Å². The van der Waals surface area contributed by atoms with Crippen molar-refractivity contribution in [1.29, 1.82) is 0 Å². The average molecular weight is 349 g/mol. The van der Waals surface area contributed by atoms with Gasteiger partial charge in [-0.05, 0) is 64.3 Å². The van der Waals surface area contributed by atoms with Crippen LogP contribution in [0.1, 0.15) is 21.5 Å². The SMILES string of the molecule is O=C(Nc1cccc2c1CNCC2)c1ccc(F)c(Br)c1. The third-order valence-electron chi connectivity index (χ3n) is 3.58. The van der Waals surface area contributed by atoms with Crippen LogP contribution in [0.4, 0.5) is 10.1 Å². The minimum Gasteiger partial charge on any atom is -0.322 e. The normalized spacial score (nSPS) is 13.6. The zero-order valence-corrected chi connectivity index (χ0v) is 12.8. The molecular weight excluding hydrogens is 335 g/mol. The number of rotatable bonds is 2. The van der Waals surface area contributed by atoms with Crippen LogP contribution >= 0.6 is 15.9 Å². The average Bonchev–Trinajstić information content (AvgIpc) is 2.50. The van der Waals surface area contributed by atoms with Gasteiger partial charge in [-0.3, -0.25) is 4.79 Å². The van der Waals surface area contributed by atoms with Crippen molar-refractivity contribution >= 4 is 27.5 Å². The summed E-state index contributed by atoms with van der Waals surface area (Å²) < 4.78 is 13.5. The van der Waals surface area contributed by atoms with E-state index < -0.39 is 0 Å². The lowest BCUT2D eigenvalue weighted by molar-refractivity contribution is 0.102. The van der Waals surface area contributed by atoms with Gasteiger partial charge in [0, 0.05) is 17.8 Å². The zero-order valence-electron chi connectivity index (χ0n) is 11.2. The number of nitrogens with one attached hydrogen (secondary N) is 2. The highest BCUT2D eigenvalue weighted by molar-refractivity contribution is 9.10. The monoisotopic (exact) mass is 348 g/mol. The Hall–Kier alpha value is -1.72. The number of halogens is 2. The van der Waals surface area contributed by atoms with E-state index in [1.165, 1.54) is 23.8 Å². The molecule has 0 saturated heterocycles. The summed E-state index contributed by atoms with van der Waals surface area (Å²) in [6, 6.07) is 10.2. The second-order valence-electron chi connectivity index (χ2n) is 4.95. The number of hydrogen-bond donors (Lipinski definition) is 2. The number of fused-ring (bicyclic) bond motifs is 1. The second-order valence-corrected chi connectivity index (χ2v) is 5.81. The summed E-state index contributed by atoms with van der Waals surface area (Å²) in [7, 11) is 0. The van der Waals surface area contributed by atoms with Gasteiger partial charge < -0.3 is 10.6 Å². The first-order chi connectivity index (χ1) is 10.1. The maximum absolute atomic E-state index is 13.2. The highest BCUT2D eigenvalue weighted by atomic mass is 79.9. The molecule has 0 aromatic heterocycles. The predicted octanol–water partition coefficient (Wildman–Crippen LogP) is 3.49. The van der Waals surface area contributed by atoms with Crippen LogP contribution in [-0.4, -0.2) is 12.5 Å². The Morgan fingerprint density at radius 1 is 1.29 bits per heavy atom. The summed E-state index contributed by atoms with van der Waals surface area (Å²) in [5, 5.41) is 6.21. The third kappa shape index (κ3) is 2.99. The van der Waals surface area contributed by atoms with Crippen LogP contribution in [0.3, 0.4) is 0 Å². The van der Waals surface area contributed by atoms with Gasteiger partial charge in [-0.1, -0.05) is 12.1 Å². The van der Waals surface area contributed by atoms with E-state index >= 15 is 0 Å². The molecule has 1 amide bonds. The number of anilines is 1. The topological polar surface area (TPSA) is 41.1 Å². The molecule has 1 aliphatic rings. The first kappa shape index (κ1) is 14.2. The first-order valence-electron chi connectivity index (χ1n) is 6.73. The highest BCUT2D eigenvalue weighted by Crippen LogP contribution is 2.24. The molecule has 108 valence electrons. The van der Waals surface area contributed by atoms with Gasteiger partial charge in [-0.15, -0.1) is 0 Å². The van der Waals surface area contributed by atoms with Crippen LogP contribution in [0.2, 0.25) is 0 Å². The van der Waals surface area contributed by atoms with Gasteiger partial charge in [0.2, 0.25) is 0 Å². The van der Waals surface area contributed by atoms with E-state index in [1.807, 2.05) is 12.1 Å². The van der Waals surface area contributed by atoms with Crippen molar-refractivity contribution in [3.8, 4) is 0 Å². The van der Waals surface area contributed by atoms with Crippen LogP contribution in [0, 0.1) is 5.82 Å². The molecule has 2 aromatic carbocycles. The molecule has 0 aliphatic carbocycles. The predicted molar refractivity (Wildman–Crippen MR) is 83.9 cm³/mol. The molecule has 1 heterocycles. The Labute approximate surface area is 130 Å². The van der Waals surface area contributed by atoms with Crippen LogP contribution in [0.25, 0.3) is 0 Å². The van der Waals surface area contributed by atoms with Crippen LogP contribution in [0.15, 0.2) is 40.9 Å². The minimum absolute atomic E-state index is 0.241. The molecule has 2 aromatic rings. The lowest BCUT2D eigenvalue weighted by atomic mass is 9.99. The Morgan fingerprint density at radius 2 is 2.14 bits per heavy atom. The lowest BCUT2D eigenvalue weighted by Gasteiger charge is -2.20. The van der Waals surface area contributed by atoms with Gasteiger partial charge in [0.05, 0.1) is 4.47 Å². The van der Waals surface area contributed by atoms with Crippen molar-refractivity contribution in [3.63, 3.8) is 0 Å². The second kappa shape index (κ2) is 5.95. The van der Waals surface area contributed by atoms with E-state index in [0.717, 1.165) is 30.8 Å². The fourth-order valence-corrected chi connectivity index (χ4v) is 2.84. The lowest BCUT2D eigenvalue weighted by Crippen LogP contribution is -2.25. The summed E-state index contributed by atoms with van der Waals surface area (Å²) in [4.78, 5) is 12.3. The molecule has 0 atom stereocenters. The third-order valence-corrected chi connectivity index (χ3v) is 4.18. The largest absolute Gasteiger partial charge is 0.322 e. The summed E-state index contributed by atoms with van der Waals surface area (Å²) in [5.74, 6) is -0.623. The van der Waals surface area contributed by atoms with Crippen molar-refractivity contribution in [1.82, 2.24) is 5.32 Å². The van der Waals surface area contributed by atoms with Crippen molar-refractivity contribution in [2.24, 2.45) is 0 Å². The number of hydrogen-bond acceptors (Lipinski definition) is 2. The number of carbonyl (C=O) groups excluding carboxylic acids is 1. The zero-order chi connectivity index (χ0) is 14.8. The van der Waals surface area contributed by atoms with Crippen LogP contribution in [-0.2, 0) is 13.0 Å². The van der Waals surface area contributed by atoms with E-state index in [-0.39, 0.29) is 16.2 Å². The molecule has 5 heteroatoms. The van der Waals surface area contributed by atoms with Gasteiger partial charge in [0.1, 0.15) is 5.82 Å². The fourth-order valence-electron chi connectivity index (χ4n) is 2.46. The Balaban J connectivity index is 1.86. The quantitative estimate of drug-likeness (QED) is 0.872. The van der Waals surface area contributed by atoms with Gasteiger partial charge in [0.25, 0.3) is 5.91 Å². The molecule has 0 unspecified atom stereocenters. The molecule has 0 spiro atoms. The smallest absolute Gasteiger partial charge is 0.255 e. The number of amides is 1. The molecule has 0 radical (unpaired) electrons. The molecule has 3 rings (SSSR count). The van der Waals surface area contributed by atoms with Crippen LogP contribution < -0.4 is 10.6 Å². The van der Waals surface area contributed by atoms with Gasteiger partial charge >= 0.3 is 0 Å². The summed E-state index contributed by atoms with van der Waals surface area (Å²) in [6.45, 7) is 1.70. The van der Waals surface area contributed by atoms with Crippen molar-refractivity contribution in [2.45, 2.75) is 13.0 Å². The molecule has 1 aliphatic heterocycles. The van der Waals surface area contributed by atoms with Crippen molar-refractivity contribution in [3.05, 3.63) is 63.4 Å². The van der Waals surface area contributed by atoms with Crippen molar-refractivity contribution < 1.29 is 9.18 Å². The molecule has 0 bridgehead atoms. The van der Waals surface area contributed by atoms with Gasteiger partial charge in [0.15, 0.2) is 0 Å². The van der Waals surface area contributed by atoms with E-state index in [4.69, 9.17) is 0 Å². The summed E-state index contributed by atoms with van der Waals surface area (Å²) in [6.07, 6.45) is 0.959. The van der Waals surface area contributed by atoms with E-state index in [2.05, 4.69) is 32.6 Å². The molecule has 2 N–H and O–H groups in total. The minimum atomic E-state index is -0.382. The van der Waals surface area contributed by atoms with Gasteiger partial charge in [-0.2, -0.15) is 0 Å². The summed E-state index contributed by atoms with van der Waals surface area (Å²) >= 11 is 3.09. The number of carbonyl (C=O) groups is 1.